The second kappa shape index (κ2) is 9.16. The van der Waals surface area contributed by atoms with Crippen molar-refractivity contribution in [2.75, 3.05) is 0 Å². The molecule has 0 saturated carbocycles. The summed E-state index contributed by atoms with van der Waals surface area (Å²) in [4.78, 5) is 0. The number of hydrogen-bond donors (Lipinski definition) is 0. The van der Waals surface area contributed by atoms with Crippen molar-refractivity contribution in [3.63, 3.8) is 0 Å². The first kappa shape index (κ1) is 19.8. The first-order valence-electron chi connectivity index (χ1n) is 7.22. The summed E-state index contributed by atoms with van der Waals surface area (Å²) in [6, 6.07) is 8.92. The van der Waals surface area contributed by atoms with E-state index in [9.17, 15) is 0 Å². The van der Waals surface area contributed by atoms with Gasteiger partial charge in [-0.2, -0.15) is 0 Å². The van der Waals surface area contributed by atoms with Gasteiger partial charge in [-0.25, -0.2) is 0 Å². The van der Waals surface area contributed by atoms with E-state index in [1.54, 1.807) is 22.3 Å². The Labute approximate surface area is 177 Å². The molecule has 0 spiro atoms. The molecule has 0 fully saturated rings. The fourth-order valence-corrected chi connectivity index (χ4v) is 4.91. The third-order valence-corrected chi connectivity index (χ3v) is 6.34. The van der Waals surface area contributed by atoms with Crippen LogP contribution in [0, 0.1) is 0 Å². The quantitative estimate of drug-likeness (QED) is 0.290. The average Bonchev–Trinajstić information content (AvgIpc) is 3.01. The van der Waals surface area contributed by atoms with Crippen molar-refractivity contribution in [1.82, 2.24) is 0 Å². The summed E-state index contributed by atoms with van der Waals surface area (Å²) < 4.78 is 0.697. The van der Waals surface area contributed by atoms with Gasteiger partial charge in [0, 0.05) is 0 Å². The first-order valence-corrected chi connectivity index (χ1v) is 9.29. The number of allylic oxidation sites excluding steroid dienone is 5. The SMILES string of the molecule is CCCCC1=C(C2=Cc3ccccc3[CH]2[Hf+2])CC=C1.[I-].[I-]. The van der Waals surface area contributed by atoms with E-state index in [1.807, 2.05) is 0 Å². The van der Waals surface area contributed by atoms with Gasteiger partial charge in [0.25, 0.3) is 0 Å². The van der Waals surface area contributed by atoms with Gasteiger partial charge in [-0.3, -0.25) is 0 Å². The van der Waals surface area contributed by atoms with Crippen molar-refractivity contribution < 1.29 is 72.3 Å². The molecular weight excluding hydrogens is 648 g/mol. The summed E-state index contributed by atoms with van der Waals surface area (Å²) in [6.45, 7) is 2.28. The molecule has 0 amide bonds. The van der Waals surface area contributed by atoms with Crippen LogP contribution in [0.5, 0.6) is 0 Å². The molecule has 1 atom stereocenters. The Morgan fingerprint density at radius 1 is 1.19 bits per heavy atom. The van der Waals surface area contributed by atoms with E-state index in [2.05, 4.69) is 49.4 Å². The molecule has 2 aliphatic carbocycles. The predicted molar refractivity (Wildman–Crippen MR) is 77.5 cm³/mol. The summed E-state index contributed by atoms with van der Waals surface area (Å²) >= 11 is 1.21. The van der Waals surface area contributed by atoms with Crippen LogP contribution in [0.4, 0.5) is 0 Å². The molecule has 109 valence electrons. The van der Waals surface area contributed by atoms with Gasteiger partial charge in [-0.15, -0.1) is 0 Å². The summed E-state index contributed by atoms with van der Waals surface area (Å²) in [6.07, 6.45) is 12.2. The number of hydrogen-bond acceptors (Lipinski definition) is 0. The van der Waals surface area contributed by atoms with Crippen molar-refractivity contribution in [3.8, 4) is 0 Å². The van der Waals surface area contributed by atoms with Gasteiger partial charge in [-0.1, -0.05) is 0 Å². The molecule has 2 aliphatic rings. The largest absolute Gasteiger partial charge is 1.00 e. The molecule has 0 saturated heterocycles. The molecular formula is C18H19HfI2. The minimum absolute atomic E-state index is 0. The number of halogens is 2. The Bertz CT molecular complexity index is 585. The molecule has 3 rings (SSSR count). The van der Waals surface area contributed by atoms with E-state index in [0.29, 0.717) is 3.67 Å². The third-order valence-electron chi connectivity index (χ3n) is 4.11. The van der Waals surface area contributed by atoms with Crippen LogP contribution in [0.3, 0.4) is 0 Å². The Morgan fingerprint density at radius 2 is 1.95 bits per heavy atom. The molecule has 0 bridgehead atoms. The van der Waals surface area contributed by atoms with E-state index in [1.165, 1.54) is 49.2 Å². The van der Waals surface area contributed by atoms with Crippen LogP contribution >= 0.6 is 0 Å². The van der Waals surface area contributed by atoms with Gasteiger partial charge < -0.3 is 48.0 Å². The van der Waals surface area contributed by atoms with Crippen LogP contribution in [0.2, 0.25) is 0 Å². The Kier molecular flexibility index (Phi) is 8.64. The van der Waals surface area contributed by atoms with Gasteiger partial charge in [0.1, 0.15) is 0 Å². The van der Waals surface area contributed by atoms with E-state index in [-0.39, 0.29) is 48.0 Å². The second-order valence-corrected chi connectivity index (χ2v) is 7.45. The Morgan fingerprint density at radius 3 is 2.67 bits per heavy atom. The predicted octanol–water partition coefficient (Wildman–Crippen LogP) is -0.874. The van der Waals surface area contributed by atoms with E-state index < -0.39 is 0 Å². The molecule has 1 aromatic rings. The van der Waals surface area contributed by atoms with E-state index >= 15 is 0 Å². The zero-order valence-electron chi connectivity index (χ0n) is 12.2. The number of rotatable bonds is 4. The summed E-state index contributed by atoms with van der Waals surface area (Å²) in [7, 11) is 0. The van der Waals surface area contributed by atoms with Crippen LogP contribution < -0.4 is 48.0 Å². The van der Waals surface area contributed by atoms with Crippen LogP contribution in [-0.2, 0) is 24.4 Å². The Balaban J connectivity index is 0.00000110. The van der Waals surface area contributed by atoms with Crippen LogP contribution in [-0.4, -0.2) is 0 Å². The fourth-order valence-electron chi connectivity index (χ4n) is 3.04. The molecule has 0 radical (unpaired) electrons. The maximum Gasteiger partial charge on any atom is -1.00 e. The Hall–Kier alpha value is 0.770. The number of unbranched alkanes of at least 4 members (excludes halogenated alkanes) is 1. The topological polar surface area (TPSA) is 0 Å². The van der Waals surface area contributed by atoms with Crippen LogP contribution in [0.25, 0.3) is 6.08 Å². The zero-order valence-corrected chi connectivity index (χ0v) is 20.1. The summed E-state index contributed by atoms with van der Waals surface area (Å²) in [5.41, 5.74) is 7.85. The van der Waals surface area contributed by atoms with Crippen molar-refractivity contribution in [2.45, 2.75) is 36.3 Å². The average molecular weight is 668 g/mol. The van der Waals surface area contributed by atoms with Crippen molar-refractivity contribution in [3.05, 3.63) is 64.3 Å². The molecule has 0 heterocycles. The van der Waals surface area contributed by atoms with Gasteiger partial charge in [0.05, 0.1) is 0 Å². The van der Waals surface area contributed by atoms with Gasteiger partial charge in [0.15, 0.2) is 0 Å². The van der Waals surface area contributed by atoms with Crippen molar-refractivity contribution >= 4 is 6.08 Å². The maximum atomic E-state index is 2.45. The molecule has 0 nitrogen and oxygen atoms in total. The van der Waals surface area contributed by atoms with E-state index in [4.69, 9.17) is 0 Å². The molecule has 21 heavy (non-hydrogen) atoms. The first-order chi connectivity index (χ1) is 9.31. The van der Waals surface area contributed by atoms with Crippen molar-refractivity contribution in [1.29, 1.82) is 0 Å². The van der Waals surface area contributed by atoms with Crippen molar-refractivity contribution in [2.24, 2.45) is 0 Å². The summed E-state index contributed by atoms with van der Waals surface area (Å²) in [5.74, 6) is 0. The monoisotopic (exact) mass is 669 g/mol. The third kappa shape index (κ3) is 4.19. The molecule has 0 aliphatic heterocycles. The summed E-state index contributed by atoms with van der Waals surface area (Å²) in [5, 5.41) is 0. The van der Waals surface area contributed by atoms with Gasteiger partial charge in [-0.05, 0) is 0 Å². The number of fused-ring (bicyclic) bond motifs is 1. The molecule has 1 aromatic carbocycles. The smallest absolute Gasteiger partial charge is 1.00 e. The molecule has 1 unspecified atom stereocenters. The van der Waals surface area contributed by atoms with Gasteiger partial charge >= 0.3 is 131 Å². The van der Waals surface area contributed by atoms with Gasteiger partial charge in [0.2, 0.25) is 0 Å². The minimum Gasteiger partial charge on any atom is -1.00 e. The molecule has 0 aromatic heterocycles. The minimum atomic E-state index is 0. The van der Waals surface area contributed by atoms with Crippen LogP contribution in [0.1, 0.15) is 47.4 Å². The maximum absolute atomic E-state index is 2.45. The fraction of sp³-hybridized carbons (Fsp3) is 0.333. The standard InChI is InChI=1S/C18H19.Hf.2HI/c1-2-3-7-14-10-6-11-18(14)17-12-15-8-4-5-9-16(15)13-17;;;/h4-6,8-10,12-13H,2-3,7,11H2,1H3;;2*1H/q;+2;;/p-2. The normalized spacial score (nSPS) is 19.0. The zero-order chi connectivity index (χ0) is 13.2. The molecule has 3 heteroatoms. The second-order valence-electron chi connectivity index (χ2n) is 5.38. The molecule has 0 N–H and O–H groups in total. The van der Waals surface area contributed by atoms with Crippen LogP contribution in [0.15, 0.2) is 53.1 Å². The van der Waals surface area contributed by atoms with E-state index in [0.717, 1.165) is 6.42 Å². The number of benzene rings is 1.